The Morgan fingerprint density at radius 3 is 2.45 bits per heavy atom. The van der Waals surface area contributed by atoms with Gasteiger partial charge in [0.2, 0.25) is 5.88 Å². The van der Waals surface area contributed by atoms with Gasteiger partial charge in [0.05, 0.1) is 23.8 Å². The highest BCUT2D eigenvalue weighted by molar-refractivity contribution is 6.06. The number of ether oxygens (including phenoxy) is 1. The largest absolute Gasteiger partial charge is 0.483 e. The maximum atomic E-state index is 12.7. The van der Waals surface area contributed by atoms with Gasteiger partial charge in [-0.15, -0.1) is 10.2 Å². The molecule has 0 saturated carbocycles. The number of benzene rings is 2. The molecule has 0 saturated heterocycles. The van der Waals surface area contributed by atoms with E-state index in [2.05, 4.69) is 25.5 Å². The smallest absolute Gasteiger partial charge is 0.323 e. The van der Waals surface area contributed by atoms with Gasteiger partial charge in [0, 0.05) is 22.9 Å². The number of hydrogen-bond acceptors (Lipinski definition) is 6. The van der Waals surface area contributed by atoms with E-state index in [1.165, 1.54) is 7.11 Å². The van der Waals surface area contributed by atoms with E-state index in [4.69, 9.17) is 14.6 Å². The summed E-state index contributed by atoms with van der Waals surface area (Å²) in [6.45, 7) is 1.61. The number of imidazole rings is 1. The first-order valence-corrected chi connectivity index (χ1v) is 9.05. The molecule has 2 aromatic carbocycles. The summed E-state index contributed by atoms with van der Waals surface area (Å²) in [4.78, 5) is 37.9. The number of hydrogen-bond donors (Lipinski definition) is 4. The van der Waals surface area contributed by atoms with Gasteiger partial charge in [0.1, 0.15) is 0 Å². The molecule has 0 radical (unpaired) electrons. The van der Waals surface area contributed by atoms with E-state index >= 15 is 0 Å². The summed E-state index contributed by atoms with van der Waals surface area (Å²) in [6, 6.07) is 14.2. The summed E-state index contributed by atoms with van der Waals surface area (Å²) < 4.78 is 5.01. The third kappa shape index (κ3) is 4.93. The number of rotatable bonds is 4. The van der Waals surface area contributed by atoms with Crippen molar-refractivity contribution in [1.82, 2.24) is 20.2 Å². The summed E-state index contributed by atoms with van der Waals surface area (Å²) >= 11 is 0. The Labute approximate surface area is 175 Å². The number of anilines is 1. The molecular formula is C21H19N5O5. The van der Waals surface area contributed by atoms with Crippen LogP contribution < -0.4 is 15.7 Å². The minimum Gasteiger partial charge on any atom is -0.483 e. The van der Waals surface area contributed by atoms with Gasteiger partial charge in [0.25, 0.3) is 12.4 Å². The number of nitrogens with zero attached hydrogens (tertiary/aromatic N) is 2. The molecule has 1 amide bonds. The Bertz CT molecular complexity index is 1280. The summed E-state index contributed by atoms with van der Waals surface area (Å²) in [5.41, 5.74) is 4.40. The van der Waals surface area contributed by atoms with Crippen molar-refractivity contribution in [1.29, 1.82) is 0 Å². The average Bonchev–Trinajstić information content (AvgIpc) is 3.13. The number of fused-ring (bicyclic) bond motifs is 1. The Kier molecular flexibility index (Phi) is 6.41. The van der Waals surface area contributed by atoms with Crippen LogP contribution in [0.3, 0.4) is 0 Å². The normalized spacial score (nSPS) is 10.1. The molecular weight excluding hydrogens is 402 g/mol. The number of amides is 1. The maximum absolute atomic E-state index is 12.7. The van der Waals surface area contributed by atoms with Crippen LogP contribution in [0.25, 0.3) is 22.3 Å². The zero-order valence-electron chi connectivity index (χ0n) is 16.7. The second-order valence-corrected chi connectivity index (χ2v) is 6.39. The van der Waals surface area contributed by atoms with Crippen molar-refractivity contribution in [2.24, 2.45) is 0 Å². The van der Waals surface area contributed by atoms with Crippen LogP contribution in [0, 0.1) is 6.92 Å². The zero-order valence-corrected chi connectivity index (χ0v) is 16.7. The predicted octanol–water partition coefficient (Wildman–Crippen LogP) is 2.58. The van der Waals surface area contributed by atoms with Crippen molar-refractivity contribution in [3.8, 4) is 17.1 Å². The maximum Gasteiger partial charge on any atom is 0.323 e. The number of methoxy groups -OCH3 is 1. The summed E-state index contributed by atoms with van der Waals surface area (Å²) in [5.74, 6) is 0.162. The predicted molar refractivity (Wildman–Crippen MR) is 114 cm³/mol. The molecule has 0 aliphatic carbocycles. The first-order chi connectivity index (χ1) is 14.9. The monoisotopic (exact) mass is 421 g/mol. The Morgan fingerprint density at radius 1 is 1.10 bits per heavy atom. The topological polar surface area (TPSA) is 150 Å². The molecule has 0 spiro atoms. The van der Waals surface area contributed by atoms with Crippen molar-refractivity contribution < 1.29 is 19.4 Å². The lowest BCUT2D eigenvalue weighted by molar-refractivity contribution is -0.122. The lowest BCUT2D eigenvalue weighted by atomic mass is 10.1. The van der Waals surface area contributed by atoms with Crippen LogP contribution in [0.1, 0.15) is 15.9 Å². The molecule has 0 atom stereocenters. The second kappa shape index (κ2) is 9.35. The number of carboxylic acid groups (broad SMARTS) is 1. The molecule has 10 heteroatoms. The van der Waals surface area contributed by atoms with Gasteiger partial charge in [-0.25, -0.2) is 4.79 Å². The van der Waals surface area contributed by atoms with E-state index < -0.39 is 0 Å². The third-order valence-electron chi connectivity index (χ3n) is 4.38. The van der Waals surface area contributed by atoms with Crippen molar-refractivity contribution in [2.45, 2.75) is 6.92 Å². The van der Waals surface area contributed by atoms with Gasteiger partial charge in [-0.2, -0.15) is 0 Å². The minimum absolute atomic E-state index is 0.250. The van der Waals surface area contributed by atoms with E-state index in [9.17, 15) is 9.59 Å². The van der Waals surface area contributed by atoms with Crippen LogP contribution in [-0.2, 0) is 4.79 Å². The standard InChI is InChI=1S/C20H17N5O3.CH2O2/c1-11-8-16-17(23-20(27)22-16)10-15(11)21-19(26)13-5-3-4-12(9-13)14-6-7-18(28-2)25-24-14;2-1-3/h3-10H,1-2H3,(H,21,26)(H2,22,23,27);1H,(H,2,3). The average molecular weight is 421 g/mol. The number of carbonyl (C=O) groups is 2. The molecule has 0 bridgehead atoms. The van der Waals surface area contributed by atoms with E-state index in [0.29, 0.717) is 33.9 Å². The molecule has 158 valence electrons. The number of aromatic amines is 2. The fourth-order valence-electron chi connectivity index (χ4n) is 2.92. The first kappa shape index (κ1) is 21.2. The lowest BCUT2D eigenvalue weighted by Crippen LogP contribution is -2.13. The van der Waals surface area contributed by atoms with Gasteiger partial charge in [-0.05, 0) is 42.8 Å². The highest BCUT2D eigenvalue weighted by Gasteiger charge is 2.11. The van der Waals surface area contributed by atoms with Gasteiger partial charge in [-0.3, -0.25) is 9.59 Å². The molecule has 31 heavy (non-hydrogen) atoms. The molecule has 4 N–H and O–H groups in total. The van der Waals surface area contributed by atoms with Crippen LogP contribution in [0.5, 0.6) is 5.88 Å². The molecule has 0 unspecified atom stereocenters. The fraction of sp³-hybridized carbons (Fsp3) is 0.0952. The summed E-state index contributed by atoms with van der Waals surface area (Å²) in [6.07, 6.45) is 0. The zero-order chi connectivity index (χ0) is 22.4. The molecule has 4 rings (SSSR count). The van der Waals surface area contributed by atoms with Crippen molar-refractivity contribution >= 4 is 29.1 Å². The van der Waals surface area contributed by atoms with Gasteiger partial charge in [-0.1, -0.05) is 12.1 Å². The Balaban J connectivity index is 0.000000858. The van der Waals surface area contributed by atoms with E-state index in [0.717, 1.165) is 11.1 Å². The van der Waals surface area contributed by atoms with Crippen LogP contribution in [-0.4, -0.2) is 44.8 Å². The number of aromatic nitrogens is 4. The van der Waals surface area contributed by atoms with Crippen molar-refractivity contribution in [3.05, 3.63) is 70.1 Å². The van der Waals surface area contributed by atoms with Gasteiger partial charge < -0.3 is 25.1 Å². The number of H-pyrrole nitrogens is 2. The fourth-order valence-corrected chi connectivity index (χ4v) is 2.92. The number of carbonyl (C=O) groups excluding carboxylic acids is 1. The van der Waals surface area contributed by atoms with E-state index in [1.54, 1.807) is 36.4 Å². The molecule has 0 fully saturated rings. The minimum atomic E-state index is -0.286. The molecule has 0 aliphatic rings. The number of nitrogens with one attached hydrogen (secondary N) is 3. The summed E-state index contributed by atoms with van der Waals surface area (Å²) in [5, 5.41) is 17.8. The quantitative estimate of drug-likeness (QED) is 0.370. The molecule has 10 nitrogen and oxygen atoms in total. The first-order valence-electron chi connectivity index (χ1n) is 9.05. The summed E-state index contributed by atoms with van der Waals surface area (Å²) in [7, 11) is 1.52. The van der Waals surface area contributed by atoms with Crippen LogP contribution >= 0.6 is 0 Å². The van der Waals surface area contributed by atoms with Crippen LogP contribution in [0.4, 0.5) is 5.69 Å². The third-order valence-corrected chi connectivity index (χ3v) is 4.38. The molecule has 2 aromatic heterocycles. The Hall–Kier alpha value is -4.47. The van der Waals surface area contributed by atoms with Crippen molar-refractivity contribution in [2.75, 3.05) is 12.4 Å². The highest BCUT2D eigenvalue weighted by Crippen LogP contribution is 2.23. The van der Waals surface area contributed by atoms with Crippen molar-refractivity contribution in [3.63, 3.8) is 0 Å². The van der Waals surface area contributed by atoms with Crippen LogP contribution in [0.15, 0.2) is 53.3 Å². The molecule has 0 aliphatic heterocycles. The van der Waals surface area contributed by atoms with Gasteiger partial charge >= 0.3 is 5.69 Å². The number of aryl methyl sites for hydroxylation is 1. The molecule has 2 heterocycles. The highest BCUT2D eigenvalue weighted by atomic mass is 16.5. The van der Waals surface area contributed by atoms with E-state index in [1.807, 2.05) is 19.1 Å². The van der Waals surface area contributed by atoms with Crippen LogP contribution in [0.2, 0.25) is 0 Å². The lowest BCUT2D eigenvalue weighted by Gasteiger charge is -2.10. The Morgan fingerprint density at radius 2 is 1.81 bits per heavy atom. The van der Waals surface area contributed by atoms with Gasteiger partial charge in [0.15, 0.2) is 0 Å². The SMILES string of the molecule is COc1ccc(-c2cccc(C(=O)Nc3cc4[nH]c(=O)[nH]c4cc3C)c2)nn1.O=CO. The molecule has 4 aromatic rings. The second-order valence-electron chi connectivity index (χ2n) is 6.39. The van der Waals surface area contributed by atoms with E-state index in [-0.39, 0.29) is 18.1 Å².